The van der Waals surface area contributed by atoms with Crippen molar-refractivity contribution in [2.45, 2.75) is 181 Å². The minimum absolute atomic E-state index is 0.0573. The van der Waals surface area contributed by atoms with Crippen molar-refractivity contribution in [1.29, 1.82) is 0 Å². The quantitative estimate of drug-likeness (QED) is 0.149. The molecule has 64 heavy (non-hydrogen) atoms. The second kappa shape index (κ2) is 24.4. The fraction of sp³-hybridized carbons (Fsp3) is 0.745. The zero-order chi connectivity index (χ0) is 47.5. The number of nitrogens with zero attached hydrogens (tertiary/aromatic N) is 1. The van der Waals surface area contributed by atoms with E-state index in [0.29, 0.717) is 63.4 Å². The molecule has 3 N–H and O–H groups in total. The van der Waals surface area contributed by atoms with Crippen LogP contribution in [0.3, 0.4) is 0 Å². The van der Waals surface area contributed by atoms with E-state index in [1.165, 1.54) is 12.0 Å². The molecule has 0 aromatic heterocycles. The van der Waals surface area contributed by atoms with Crippen LogP contribution in [0.1, 0.15) is 132 Å². The molecule has 1 saturated carbocycles. The Bertz CT molecular complexity index is 1740. The Hall–Kier alpha value is -3.33. The number of aliphatic hydroxyl groups excluding tert-OH is 2. The summed E-state index contributed by atoms with van der Waals surface area (Å²) in [5.74, 6) is -7.61. The Morgan fingerprint density at radius 3 is 2.30 bits per heavy atom. The molecule has 0 aromatic rings. The molecule has 2 bridgehead atoms. The number of esters is 1. The van der Waals surface area contributed by atoms with Crippen molar-refractivity contribution in [3.05, 3.63) is 47.6 Å². The fourth-order valence-electron chi connectivity index (χ4n) is 9.90. The number of carbonyl (C=O) groups is 5. The van der Waals surface area contributed by atoms with Gasteiger partial charge in [-0.1, -0.05) is 83.6 Å². The number of hydrogen-bond acceptors (Lipinski definition) is 12. The molecule has 13 heteroatoms. The van der Waals surface area contributed by atoms with E-state index < -0.39 is 77.8 Å². The molecule has 0 aromatic carbocycles. The second-order valence-corrected chi connectivity index (χ2v) is 19.7. The standard InChI is InChI=1S/C51H79NO12/c1-30-14-15-31(2)18-21-39-22-19-37(8)51(60,64-39)48(57)49(58)52-24-12-11-13-40(52)50(59)63-43(34(5)27-38-20-23-41(53)44(28-38)61-9)29-42(54)33(4)26-36(7)46(56)47(62-10)45(55)35(6)25-32(3)17-16-30/h14-18,26,30,32-35,37-41,43-44,46-47,53,56,60H,11-13,19-25,27-29H2,1-10H3/b15-14+,17-16+,31-18+,36-26+/t30?,32-,33-,34+,35-,37-,38?,39?,40?,41-,43+,44-,46-,47+,51-/m1/s1. The van der Waals surface area contributed by atoms with Crippen LogP contribution in [0.2, 0.25) is 0 Å². The van der Waals surface area contributed by atoms with Crippen LogP contribution in [0.5, 0.6) is 0 Å². The lowest BCUT2D eigenvalue weighted by Crippen LogP contribution is -2.60. The maximum Gasteiger partial charge on any atom is 0.329 e. The minimum Gasteiger partial charge on any atom is -0.460 e. The number of ether oxygens (including phenoxy) is 4. The maximum absolute atomic E-state index is 14.3. The number of carbonyl (C=O) groups excluding carboxylic acids is 5. The van der Waals surface area contributed by atoms with Crippen molar-refractivity contribution >= 4 is 29.2 Å². The first-order valence-corrected chi connectivity index (χ1v) is 23.9. The maximum atomic E-state index is 14.3. The summed E-state index contributed by atoms with van der Waals surface area (Å²) in [6.45, 7) is 15.0. The first kappa shape index (κ1) is 53.3. The minimum atomic E-state index is -2.38. The van der Waals surface area contributed by atoms with E-state index in [4.69, 9.17) is 18.9 Å². The molecule has 3 heterocycles. The summed E-state index contributed by atoms with van der Waals surface area (Å²) in [6.07, 6.45) is 12.7. The Labute approximate surface area is 382 Å². The highest BCUT2D eigenvalue weighted by molar-refractivity contribution is 6.39. The highest BCUT2D eigenvalue weighted by atomic mass is 16.6. The van der Waals surface area contributed by atoms with Gasteiger partial charge >= 0.3 is 5.97 Å². The number of hydrogen-bond donors (Lipinski definition) is 3. The summed E-state index contributed by atoms with van der Waals surface area (Å²) in [6, 6.07) is -1.12. The second-order valence-electron chi connectivity index (χ2n) is 19.7. The van der Waals surface area contributed by atoms with Gasteiger partial charge in [0.05, 0.1) is 18.3 Å². The van der Waals surface area contributed by atoms with Crippen molar-refractivity contribution in [2.75, 3.05) is 20.8 Å². The van der Waals surface area contributed by atoms with Crippen molar-refractivity contribution in [1.82, 2.24) is 4.90 Å². The number of aliphatic hydroxyl groups is 3. The van der Waals surface area contributed by atoms with Crippen molar-refractivity contribution in [2.24, 2.45) is 41.4 Å². The largest absolute Gasteiger partial charge is 0.460 e. The molecule has 4 rings (SSSR count). The number of ketones is 3. The number of amides is 1. The molecular weight excluding hydrogens is 819 g/mol. The number of allylic oxidation sites excluding steroid dienone is 6. The third kappa shape index (κ3) is 14.1. The van der Waals surface area contributed by atoms with Crippen LogP contribution in [-0.4, -0.2) is 119 Å². The predicted octanol–water partition coefficient (Wildman–Crippen LogP) is 6.80. The number of cyclic esters (lactones) is 1. The summed E-state index contributed by atoms with van der Waals surface area (Å²) < 4.78 is 23.5. The molecule has 3 fully saturated rings. The van der Waals surface area contributed by atoms with Gasteiger partial charge in [0.25, 0.3) is 11.7 Å². The lowest BCUT2D eigenvalue weighted by Gasteiger charge is -2.42. The van der Waals surface area contributed by atoms with Crippen LogP contribution in [0.25, 0.3) is 0 Å². The van der Waals surface area contributed by atoms with Crippen LogP contribution in [0, 0.1) is 41.4 Å². The molecule has 3 aliphatic heterocycles. The molecule has 2 saturated heterocycles. The fourth-order valence-corrected chi connectivity index (χ4v) is 9.90. The van der Waals surface area contributed by atoms with Crippen LogP contribution in [-0.2, 0) is 42.9 Å². The molecular formula is C51H79NO12. The van der Waals surface area contributed by atoms with Crippen LogP contribution in [0.4, 0.5) is 0 Å². The van der Waals surface area contributed by atoms with Gasteiger partial charge in [-0.05, 0) is 114 Å². The van der Waals surface area contributed by atoms with E-state index >= 15 is 0 Å². The summed E-state index contributed by atoms with van der Waals surface area (Å²) >= 11 is 0. The van der Waals surface area contributed by atoms with Crippen LogP contribution in [0.15, 0.2) is 47.6 Å². The first-order valence-electron chi connectivity index (χ1n) is 23.9. The zero-order valence-electron chi connectivity index (χ0n) is 40.2. The average Bonchev–Trinajstić information content (AvgIpc) is 3.27. The van der Waals surface area contributed by atoms with Crippen molar-refractivity contribution in [3.63, 3.8) is 0 Å². The van der Waals surface area contributed by atoms with Gasteiger partial charge < -0.3 is 39.2 Å². The van der Waals surface area contributed by atoms with Gasteiger partial charge in [0, 0.05) is 44.9 Å². The van der Waals surface area contributed by atoms with E-state index in [0.717, 1.165) is 12.0 Å². The predicted molar refractivity (Wildman–Crippen MR) is 244 cm³/mol. The summed E-state index contributed by atoms with van der Waals surface area (Å²) in [5.41, 5.74) is 1.36. The third-order valence-corrected chi connectivity index (χ3v) is 14.3. The average molecular weight is 898 g/mol. The summed E-state index contributed by atoms with van der Waals surface area (Å²) in [7, 11) is 2.96. The molecule has 13 nitrogen and oxygen atoms in total. The summed E-state index contributed by atoms with van der Waals surface area (Å²) in [5, 5.41) is 33.7. The van der Waals surface area contributed by atoms with E-state index in [1.807, 2.05) is 39.8 Å². The topological polar surface area (TPSA) is 186 Å². The van der Waals surface area contributed by atoms with Gasteiger partial charge in [0.15, 0.2) is 5.78 Å². The molecule has 1 aliphatic carbocycles. The zero-order valence-corrected chi connectivity index (χ0v) is 40.2. The molecule has 4 unspecified atom stereocenters. The smallest absolute Gasteiger partial charge is 0.329 e. The monoisotopic (exact) mass is 898 g/mol. The van der Waals surface area contributed by atoms with Gasteiger partial charge in [0.1, 0.15) is 30.1 Å². The Balaban J connectivity index is 1.69. The van der Waals surface area contributed by atoms with Crippen molar-refractivity contribution in [3.8, 4) is 0 Å². The number of Topliss-reactive ketones (excluding diaryl/α,β-unsaturated/α-hetero) is 3. The number of piperidine rings is 1. The molecule has 0 spiro atoms. The third-order valence-electron chi connectivity index (χ3n) is 14.3. The lowest BCUT2D eigenvalue weighted by molar-refractivity contribution is -0.262. The number of fused-ring (bicyclic) bond motifs is 3. The molecule has 15 atom stereocenters. The molecule has 0 radical (unpaired) electrons. The molecule has 360 valence electrons. The van der Waals surface area contributed by atoms with Crippen LogP contribution >= 0.6 is 0 Å². The molecule has 4 aliphatic rings. The summed E-state index contributed by atoms with van der Waals surface area (Å²) in [4.78, 5) is 71.6. The van der Waals surface area contributed by atoms with Crippen LogP contribution < -0.4 is 0 Å². The Kier molecular flexibility index (Phi) is 20.4. The Morgan fingerprint density at radius 1 is 0.891 bits per heavy atom. The first-order chi connectivity index (χ1) is 30.2. The van der Waals surface area contributed by atoms with Gasteiger partial charge in [-0.3, -0.25) is 19.2 Å². The van der Waals surface area contributed by atoms with Gasteiger partial charge in [-0.2, -0.15) is 0 Å². The normalized spacial score (nSPS) is 40.9. The van der Waals surface area contributed by atoms with Crippen molar-refractivity contribution < 1.29 is 58.2 Å². The van der Waals surface area contributed by atoms with E-state index in [1.54, 1.807) is 34.0 Å². The van der Waals surface area contributed by atoms with E-state index in [9.17, 15) is 39.3 Å². The molecule has 1 amide bonds. The number of rotatable bonds is 5. The van der Waals surface area contributed by atoms with E-state index in [2.05, 4.69) is 25.2 Å². The lowest BCUT2D eigenvalue weighted by atomic mass is 9.78. The number of methoxy groups -OCH3 is 2. The highest BCUT2D eigenvalue weighted by Crippen LogP contribution is 2.37. The SMILES string of the molecule is CO[C@@H]1CC(C[C@H](C)[C@@H]2CC(=O)[C@H](C)/C=C(\C)[C@@H](O)[C@@H](OC)C(=O)[C@H](C)C[C@H](C)/C=C/C(C)/C=C/C(C)=C/CC3CC[C@@H](C)[C@@](O)(O3)C(=O)C(=O)N3CCCCC3C(=O)O2)CC[C@H]1O. The van der Waals surface area contributed by atoms with E-state index in [-0.39, 0.29) is 60.7 Å². The van der Waals surface area contributed by atoms with Gasteiger partial charge in [0.2, 0.25) is 5.79 Å². The Morgan fingerprint density at radius 2 is 1.61 bits per heavy atom. The van der Waals surface area contributed by atoms with Gasteiger partial charge in [-0.25, -0.2) is 4.79 Å². The highest BCUT2D eigenvalue weighted by Gasteiger charge is 2.52. The van der Waals surface area contributed by atoms with Gasteiger partial charge in [-0.15, -0.1) is 0 Å².